The molecule has 5 nitrogen and oxygen atoms in total. The van der Waals surface area contributed by atoms with Gasteiger partial charge in [-0.15, -0.1) is 0 Å². The first-order valence-corrected chi connectivity index (χ1v) is 6.94. The summed E-state index contributed by atoms with van der Waals surface area (Å²) in [6, 6.07) is 11.1. The summed E-state index contributed by atoms with van der Waals surface area (Å²) in [6.07, 6.45) is 0. The number of nitrogens with one attached hydrogen (secondary N) is 1. The number of nitrogens with zero attached hydrogens (tertiary/aromatic N) is 2. The number of rotatable bonds is 4. The van der Waals surface area contributed by atoms with Gasteiger partial charge in [0.1, 0.15) is 6.54 Å². The Morgan fingerprint density at radius 1 is 1.12 bits per heavy atom. The maximum absolute atomic E-state index is 13.1. The van der Waals surface area contributed by atoms with Gasteiger partial charge < -0.3 is 10.2 Å². The number of amides is 2. The first kappa shape index (κ1) is 17.1. The van der Waals surface area contributed by atoms with Crippen molar-refractivity contribution in [2.45, 2.75) is 6.92 Å². The van der Waals surface area contributed by atoms with E-state index in [1.54, 1.807) is 12.1 Å². The number of halogens is 2. The Morgan fingerprint density at radius 3 is 2.33 bits per heavy atom. The van der Waals surface area contributed by atoms with Crippen molar-refractivity contribution in [2.24, 2.45) is 0 Å². The fourth-order valence-electron chi connectivity index (χ4n) is 2.02. The zero-order chi connectivity index (χ0) is 17.7. The Kier molecular flexibility index (Phi) is 5.22. The molecule has 122 valence electrons. The Hall–Kier alpha value is -3.27. The van der Waals surface area contributed by atoms with Gasteiger partial charge in [0.15, 0.2) is 11.6 Å². The average molecular weight is 329 g/mol. The SMILES string of the molecule is CC(=O)N(CC(=O)Nc1ccc(F)c(F)c1)c1ccc(C#N)cc1. The molecule has 2 rings (SSSR count). The van der Waals surface area contributed by atoms with E-state index in [1.165, 1.54) is 30.0 Å². The molecule has 0 saturated carbocycles. The molecule has 0 unspecified atom stereocenters. The van der Waals surface area contributed by atoms with E-state index >= 15 is 0 Å². The Balaban J connectivity index is 2.12. The van der Waals surface area contributed by atoms with Crippen molar-refractivity contribution in [1.82, 2.24) is 0 Å². The van der Waals surface area contributed by atoms with Crippen LogP contribution in [-0.2, 0) is 9.59 Å². The van der Waals surface area contributed by atoms with Crippen LogP contribution in [0.3, 0.4) is 0 Å². The second-order valence-electron chi connectivity index (χ2n) is 4.94. The average Bonchev–Trinajstić information content (AvgIpc) is 2.56. The highest BCUT2D eigenvalue weighted by Crippen LogP contribution is 2.17. The molecule has 24 heavy (non-hydrogen) atoms. The van der Waals surface area contributed by atoms with Crippen LogP contribution in [0.1, 0.15) is 12.5 Å². The van der Waals surface area contributed by atoms with E-state index in [4.69, 9.17) is 5.26 Å². The molecule has 0 fully saturated rings. The van der Waals surface area contributed by atoms with Gasteiger partial charge in [0.05, 0.1) is 11.6 Å². The van der Waals surface area contributed by atoms with E-state index in [9.17, 15) is 18.4 Å². The first-order valence-electron chi connectivity index (χ1n) is 6.94. The summed E-state index contributed by atoms with van der Waals surface area (Å²) < 4.78 is 26.0. The van der Waals surface area contributed by atoms with Crippen molar-refractivity contribution in [3.8, 4) is 6.07 Å². The van der Waals surface area contributed by atoms with Gasteiger partial charge in [-0.3, -0.25) is 9.59 Å². The maximum atomic E-state index is 13.1. The minimum absolute atomic E-state index is 0.0854. The Labute approximate surface area is 137 Å². The van der Waals surface area contributed by atoms with Crippen LogP contribution >= 0.6 is 0 Å². The summed E-state index contributed by atoms with van der Waals surface area (Å²) in [5.41, 5.74) is 0.956. The van der Waals surface area contributed by atoms with Gasteiger partial charge in [-0.25, -0.2) is 8.78 Å². The van der Waals surface area contributed by atoms with E-state index in [2.05, 4.69) is 5.32 Å². The zero-order valence-electron chi connectivity index (χ0n) is 12.7. The molecule has 2 aromatic rings. The van der Waals surface area contributed by atoms with Crippen molar-refractivity contribution in [1.29, 1.82) is 5.26 Å². The predicted molar refractivity (Wildman–Crippen MR) is 84.2 cm³/mol. The van der Waals surface area contributed by atoms with E-state index in [-0.39, 0.29) is 18.1 Å². The lowest BCUT2D eigenvalue weighted by Gasteiger charge is -2.20. The number of benzene rings is 2. The summed E-state index contributed by atoms with van der Waals surface area (Å²) in [5, 5.41) is 11.2. The summed E-state index contributed by atoms with van der Waals surface area (Å²) in [7, 11) is 0. The minimum atomic E-state index is -1.08. The van der Waals surface area contributed by atoms with Gasteiger partial charge in [0.25, 0.3) is 0 Å². The fraction of sp³-hybridized carbons (Fsp3) is 0.118. The number of carbonyl (C=O) groups is 2. The van der Waals surface area contributed by atoms with Crippen LogP contribution in [0.4, 0.5) is 20.2 Å². The van der Waals surface area contributed by atoms with Gasteiger partial charge in [0.2, 0.25) is 11.8 Å². The molecule has 1 N–H and O–H groups in total. The van der Waals surface area contributed by atoms with Gasteiger partial charge in [-0.2, -0.15) is 5.26 Å². The number of hydrogen-bond acceptors (Lipinski definition) is 3. The second kappa shape index (κ2) is 7.33. The van der Waals surface area contributed by atoms with E-state index < -0.39 is 17.5 Å². The molecule has 2 aromatic carbocycles. The van der Waals surface area contributed by atoms with Crippen molar-refractivity contribution < 1.29 is 18.4 Å². The van der Waals surface area contributed by atoms with Gasteiger partial charge in [-0.05, 0) is 36.4 Å². The topological polar surface area (TPSA) is 73.2 Å². The largest absolute Gasteiger partial charge is 0.324 e. The Morgan fingerprint density at radius 2 is 1.79 bits per heavy atom. The molecule has 0 aliphatic carbocycles. The van der Waals surface area contributed by atoms with Crippen molar-refractivity contribution in [2.75, 3.05) is 16.8 Å². The maximum Gasteiger partial charge on any atom is 0.244 e. The number of carbonyl (C=O) groups excluding carboxylic acids is 2. The lowest BCUT2D eigenvalue weighted by molar-refractivity contribution is -0.120. The molecule has 2 amide bonds. The quantitative estimate of drug-likeness (QED) is 0.937. The Bertz CT molecular complexity index is 814. The molecule has 0 saturated heterocycles. The lowest BCUT2D eigenvalue weighted by Crippen LogP contribution is -2.36. The summed E-state index contributed by atoms with van der Waals surface area (Å²) in [4.78, 5) is 25.0. The normalized spacial score (nSPS) is 9.92. The van der Waals surface area contributed by atoms with Crippen LogP contribution < -0.4 is 10.2 Å². The molecule has 0 radical (unpaired) electrons. The lowest BCUT2D eigenvalue weighted by atomic mass is 10.2. The van der Waals surface area contributed by atoms with Crippen molar-refractivity contribution in [3.05, 3.63) is 59.7 Å². The third-order valence-electron chi connectivity index (χ3n) is 3.19. The highest BCUT2D eigenvalue weighted by Gasteiger charge is 2.16. The van der Waals surface area contributed by atoms with Crippen LogP contribution in [0.2, 0.25) is 0 Å². The van der Waals surface area contributed by atoms with Gasteiger partial charge in [-0.1, -0.05) is 0 Å². The van der Waals surface area contributed by atoms with Crippen LogP contribution in [0.5, 0.6) is 0 Å². The number of hydrogen-bond donors (Lipinski definition) is 1. The van der Waals surface area contributed by atoms with Crippen molar-refractivity contribution in [3.63, 3.8) is 0 Å². The van der Waals surface area contributed by atoms with Gasteiger partial charge >= 0.3 is 0 Å². The molecular weight excluding hydrogens is 316 g/mol. The smallest absolute Gasteiger partial charge is 0.244 e. The summed E-state index contributed by atoms with van der Waals surface area (Å²) in [6.45, 7) is 0.989. The van der Waals surface area contributed by atoms with Crippen molar-refractivity contribution >= 4 is 23.2 Å². The second-order valence-corrected chi connectivity index (χ2v) is 4.94. The molecule has 7 heteroatoms. The van der Waals surface area contributed by atoms with E-state index in [0.29, 0.717) is 11.3 Å². The molecular formula is C17H13F2N3O2. The molecule has 0 heterocycles. The summed E-state index contributed by atoms with van der Waals surface area (Å²) in [5.74, 6) is -3.04. The van der Waals surface area contributed by atoms with Crippen LogP contribution in [0, 0.1) is 23.0 Å². The number of anilines is 2. The van der Waals surface area contributed by atoms with E-state index in [0.717, 1.165) is 12.1 Å². The summed E-state index contributed by atoms with van der Waals surface area (Å²) >= 11 is 0. The molecule has 0 aliphatic heterocycles. The third kappa shape index (κ3) is 4.14. The van der Waals surface area contributed by atoms with E-state index in [1.807, 2.05) is 6.07 Å². The standard InChI is InChI=1S/C17H13F2N3O2/c1-11(23)22(14-5-2-12(9-20)3-6-14)10-17(24)21-13-4-7-15(18)16(19)8-13/h2-8H,10H2,1H3,(H,21,24). The highest BCUT2D eigenvalue weighted by molar-refractivity contribution is 6.01. The monoisotopic (exact) mass is 329 g/mol. The minimum Gasteiger partial charge on any atom is -0.324 e. The molecule has 0 spiro atoms. The van der Waals surface area contributed by atoms with Crippen LogP contribution in [-0.4, -0.2) is 18.4 Å². The zero-order valence-corrected chi connectivity index (χ0v) is 12.7. The highest BCUT2D eigenvalue weighted by atomic mass is 19.2. The third-order valence-corrected chi connectivity index (χ3v) is 3.19. The van der Waals surface area contributed by atoms with Gasteiger partial charge in [0, 0.05) is 24.4 Å². The van der Waals surface area contributed by atoms with Crippen LogP contribution in [0.25, 0.3) is 0 Å². The fourth-order valence-corrected chi connectivity index (χ4v) is 2.02. The predicted octanol–water partition coefficient (Wildman–Crippen LogP) is 2.83. The molecule has 0 atom stereocenters. The molecule has 0 bridgehead atoms. The molecule has 0 aliphatic rings. The molecule has 0 aromatic heterocycles. The first-order chi connectivity index (χ1) is 11.4. The number of nitriles is 1. The van der Waals surface area contributed by atoms with Crippen LogP contribution in [0.15, 0.2) is 42.5 Å².